The number of rotatable bonds is 10. The van der Waals surface area contributed by atoms with Gasteiger partial charge in [0.05, 0.1) is 11.0 Å². The smallest absolute Gasteiger partial charge is 0.326 e. The van der Waals surface area contributed by atoms with Gasteiger partial charge in [-0.1, -0.05) is 32.8 Å². The summed E-state index contributed by atoms with van der Waals surface area (Å²) in [7, 11) is 0. The van der Waals surface area contributed by atoms with Crippen molar-refractivity contribution in [2.45, 2.75) is 64.5 Å². The van der Waals surface area contributed by atoms with Crippen LogP contribution in [0, 0.1) is 5.92 Å². The molecule has 1 atom stereocenters. The molecule has 7 heteroatoms. The molecule has 6 nitrogen and oxygen atoms in total. The highest BCUT2D eigenvalue weighted by atomic mass is 32.1. The van der Waals surface area contributed by atoms with Crippen LogP contribution >= 0.6 is 11.3 Å². The second kappa shape index (κ2) is 9.22. The minimum Gasteiger partial charge on any atom is -0.480 e. The Bertz CT molecular complexity index is 1070. The molecule has 31 heavy (non-hydrogen) atoms. The summed E-state index contributed by atoms with van der Waals surface area (Å²) in [4.78, 5) is 30.5. The summed E-state index contributed by atoms with van der Waals surface area (Å²) in [5, 5.41) is 14.2. The normalized spacial score (nSPS) is 14.8. The van der Waals surface area contributed by atoms with Gasteiger partial charge in [0.1, 0.15) is 11.9 Å². The minimum atomic E-state index is -0.974. The van der Waals surface area contributed by atoms with Gasteiger partial charge in [-0.15, -0.1) is 11.3 Å². The third-order valence-corrected chi connectivity index (χ3v) is 6.99. The molecule has 0 radical (unpaired) electrons. The van der Waals surface area contributed by atoms with Crippen molar-refractivity contribution in [1.29, 1.82) is 0 Å². The molecule has 1 aromatic carbocycles. The van der Waals surface area contributed by atoms with Crippen LogP contribution in [0.4, 0.5) is 0 Å². The van der Waals surface area contributed by atoms with E-state index in [1.807, 2.05) is 12.1 Å². The van der Waals surface area contributed by atoms with Gasteiger partial charge in [0, 0.05) is 22.9 Å². The number of aliphatic carboxylic acids is 1. The Kier molecular flexibility index (Phi) is 6.41. The molecular weight excluding hydrogens is 410 g/mol. The topological polar surface area (TPSA) is 84.2 Å². The molecule has 1 amide bonds. The highest BCUT2D eigenvalue weighted by Gasteiger charge is 2.30. The summed E-state index contributed by atoms with van der Waals surface area (Å²) in [6.07, 6.45) is 5.36. The zero-order chi connectivity index (χ0) is 22.0. The molecule has 0 spiro atoms. The Hall–Kier alpha value is -2.67. The second-order valence-corrected chi connectivity index (χ2v) is 9.40. The highest BCUT2D eigenvalue weighted by Crippen LogP contribution is 2.33. The first kappa shape index (κ1) is 21.6. The van der Waals surface area contributed by atoms with Crippen molar-refractivity contribution in [3.8, 4) is 0 Å². The van der Waals surface area contributed by atoms with Crippen LogP contribution in [0.25, 0.3) is 11.0 Å². The number of hydrogen-bond acceptors (Lipinski definition) is 4. The number of hydrogen-bond donors (Lipinski definition) is 2. The van der Waals surface area contributed by atoms with Gasteiger partial charge in [-0.2, -0.15) is 0 Å². The maximum Gasteiger partial charge on any atom is 0.326 e. The Balaban J connectivity index is 1.64. The van der Waals surface area contributed by atoms with E-state index in [1.54, 1.807) is 23.5 Å². The summed E-state index contributed by atoms with van der Waals surface area (Å²) in [5.41, 5.74) is 2.25. The molecule has 2 N–H and O–H groups in total. The van der Waals surface area contributed by atoms with Gasteiger partial charge in [-0.25, -0.2) is 9.78 Å². The van der Waals surface area contributed by atoms with Crippen molar-refractivity contribution in [2.24, 2.45) is 5.92 Å². The standard InChI is InChI=1S/C24H29N3O3S/c1-3-17(4-2)27-21-10-9-16(23(28)26-20(24(29)30)12-15-7-8-15)13-19(21)25-22(27)14-18-6-5-11-31-18/h5-6,9-11,13,15,17,20H,3-4,7-8,12,14H2,1-2H3,(H,26,28)(H,29,30). The molecule has 1 fully saturated rings. The van der Waals surface area contributed by atoms with Gasteiger partial charge in [-0.05, 0) is 54.8 Å². The van der Waals surface area contributed by atoms with Crippen molar-refractivity contribution in [1.82, 2.24) is 14.9 Å². The molecule has 2 aromatic heterocycles. The fourth-order valence-corrected chi connectivity index (χ4v) is 4.90. The lowest BCUT2D eigenvalue weighted by Crippen LogP contribution is -2.41. The van der Waals surface area contributed by atoms with Gasteiger partial charge in [0.25, 0.3) is 5.91 Å². The summed E-state index contributed by atoms with van der Waals surface area (Å²) < 4.78 is 2.31. The van der Waals surface area contributed by atoms with E-state index in [0.29, 0.717) is 23.9 Å². The maximum absolute atomic E-state index is 12.8. The summed E-state index contributed by atoms with van der Waals surface area (Å²) >= 11 is 1.72. The molecule has 3 aromatic rings. The number of benzene rings is 1. The molecule has 0 bridgehead atoms. The first-order valence-corrected chi connectivity index (χ1v) is 11.9. The van der Waals surface area contributed by atoms with E-state index in [9.17, 15) is 14.7 Å². The van der Waals surface area contributed by atoms with Gasteiger partial charge >= 0.3 is 5.97 Å². The van der Waals surface area contributed by atoms with Crippen LogP contribution in [0.5, 0.6) is 0 Å². The third kappa shape index (κ3) is 4.82. The quantitative estimate of drug-likeness (QED) is 0.464. The zero-order valence-electron chi connectivity index (χ0n) is 18.0. The van der Waals surface area contributed by atoms with Crippen LogP contribution in [0.15, 0.2) is 35.7 Å². The molecule has 1 aliphatic rings. The fraction of sp³-hybridized carbons (Fsp3) is 0.458. The van der Waals surface area contributed by atoms with Gasteiger partial charge in [0.15, 0.2) is 0 Å². The van der Waals surface area contributed by atoms with Crippen LogP contribution < -0.4 is 5.32 Å². The van der Waals surface area contributed by atoms with E-state index in [1.165, 1.54) is 4.88 Å². The predicted molar refractivity (Wildman–Crippen MR) is 123 cm³/mol. The molecule has 0 saturated heterocycles. The number of fused-ring (bicyclic) bond motifs is 1. The van der Waals surface area contributed by atoms with Crippen LogP contribution in [-0.4, -0.2) is 32.6 Å². The molecule has 4 rings (SSSR count). The molecule has 1 saturated carbocycles. The SMILES string of the molecule is CCC(CC)n1c(Cc2cccs2)nc2cc(C(=O)NC(CC3CC3)C(=O)O)ccc21. The van der Waals surface area contributed by atoms with Gasteiger partial charge in [0.2, 0.25) is 0 Å². The molecular formula is C24H29N3O3S. The molecule has 1 aliphatic carbocycles. The number of imidazole rings is 1. The lowest BCUT2D eigenvalue weighted by Gasteiger charge is -2.19. The number of carboxylic acids is 1. The number of aromatic nitrogens is 2. The highest BCUT2D eigenvalue weighted by molar-refractivity contribution is 7.09. The maximum atomic E-state index is 12.8. The number of carboxylic acid groups (broad SMARTS) is 1. The molecule has 2 heterocycles. The Labute approximate surface area is 186 Å². The summed E-state index contributed by atoms with van der Waals surface area (Å²) in [6, 6.07) is 9.19. The van der Waals surface area contributed by atoms with Crippen molar-refractivity contribution >= 4 is 34.2 Å². The largest absolute Gasteiger partial charge is 0.480 e. The Morgan fingerprint density at radius 1 is 1.26 bits per heavy atom. The van der Waals surface area contributed by atoms with Gasteiger partial charge < -0.3 is 15.0 Å². The molecule has 164 valence electrons. The number of nitrogens with one attached hydrogen (secondary N) is 1. The van der Waals surface area contributed by atoms with Crippen molar-refractivity contribution in [3.63, 3.8) is 0 Å². The van der Waals surface area contributed by atoms with Crippen molar-refractivity contribution < 1.29 is 14.7 Å². The number of carbonyl (C=O) groups excluding carboxylic acids is 1. The van der Waals surface area contributed by atoms with E-state index in [-0.39, 0.29) is 5.91 Å². The average Bonchev–Trinajstić information content (AvgIpc) is 3.29. The van der Waals surface area contributed by atoms with Gasteiger partial charge in [-0.3, -0.25) is 4.79 Å². The summed E-state index contributed by atoms with van der Waals surface area (Å²) in [5.74, 6) is 0.0877. The number of thiophene rings is 1. The van der Waals surface area contributed by atoms with Crippen LogP contribution in [0.1, 0.15) is 73.1 Å². The van der Waals surface area contributed by atoms with E-state index in [2.05, 4.69) is 35.2 Å². The van der Waals surface area contributed by atoms with E-state index >= 15 is 0 Å². The lowest BCUT2D eigenvalue weighted by molar-refractivity contribution is -0.139. The Morgan fingerprint density at radius 3 is 2.65 bits per heavy atom. The number of amides is 1. The van der Waals surface area contributed by atoms with Crippen LogP contribution in [-0.2, 0) is 11.2 Å². The molecule has 0 aliphatic heterocycles. The number of nitrogens with zero attached hydrogens (tertiary/aromatic N) is 2. The monoisotopic (exact) mass is 439 g/mol. The van der Waals surface area contributed by atoms with Crippen molar-refractivity contribution in [3.05, 3.63) is 52.0 Å². The van der Waals surface area contributed by atoms with Crippen LogP contribution in [0.3, 0.4) is 0 Å². The number of carbonyl (C=O) groups is 2. The van der Waals surface area contributed by atoms with Crippen molar-refractivity contribution in [2.75, 3.05) is 0 Å². The average molecular weight is 440 g/mol. The van der Waals surface area contributed by atoms with E-state index < -0.39 is 12.0 Å². The minimum absolute atomic E-state index is 0.342. The summed E-state index contributed by atoms with van der Waals surface area (Å²) in [6.45, 7) is 4.37. The Morgan fingerprint density at radius 2 is 2.03 bits per heavy atom. The second-order valence-electron chi connectivity index (χ2n) is 8.37. The van der Waals surface area contributed by atoms with E-state index in [4.69, 9.17) is 4.98 Å². The van der Waals surface area contributed by atoms with E-state index in [0.717, 1.165) is 49.0 Å². The third-order valence-electron chi connectivity index (χ3n) is 6.11. The molecule has 1 unspecified atom stereocenters. The van der Waals surface area contributed by atoms with Crippen LogP contribution in [0.2, 0.25) is 0 Å². The first-order valence-electron chi connectivity index (χ1n) is 11.1. The lowest BCUT2D eigenvalue weighted by atomic mass is 10.1. The zero-order valence-corrected chi connectivity index (χ0v) is 18.8. The predicted octanol–water partition coefficient (Wildman–Crippen LogP) is 5.03. The first-order chi connectivity index (χ1) is 15.0. The fourth-order valence-electron chi connectivity index (χ4n) is 4.19.